The number of ether oxygens (including phenoxy) is 2. The van der Waals surface area contributed by atoms with Gasteiger partial charge in [-0.15, -0.1) is 0 Å². The van der Waals surface area contributed by atoms with E-state index in [1.54, 1.807) is 32.0 Å². The van der Waals surface area contributed by atoms with Gasteiger partial charge >= 0.3 is 0 Å². The second-order valence-corrected chi connectivity index (χ2v) is 7.58. The minimum Gasteiger partial charge on any atom is -0.493 e. The molecule has 148 valence electrons. The van der Waals surface area contributed by atoms with Gasteiger partial charge in [0.2, 0.25) is 15.9 Å². The molecular weight excluding hydrogens is 372 g/mol. The maximum absolute atomic E-state index is 12.3. The monoisotopic (exact) mass is 396 g/mol. The maximum atomic E-state index is 12.3. The van der Waals surface area contributed by atoms with Crippen molar-refractivity contribution < 1.29 is 22.7 Å². The number of nitrogens with zero attached hydrogens (tertiary/aromatic N) is 1. The summed E-state index contributed by atoms with van der Waals surface area (Å²) in [5.74, 6) is 0.902. The van der Waals surface area contributed by atoms with Crippen LogP contribution in [0.5, 0.6) is 11.5 Å². The van der Waals surface area contributed by atoms with E-state index in [0.717, 1.165) is 5.56 Å². The van der Waals surface area contributed by atoms with Crippen LogP contribution in [0.15, 0.2) is 23.1 Å². The Labute approximate surface area is 158 Å². The van der Waals surface area contributed by atoms with Gasteiger partial charge in [-0.25, -0.2) is 13.1 Å². The minimum absolute atomic E-state index is 0.0735. The van der Waals surface area contributed by atoms with Crippen LogP contribution in [0.1, 0.15) is 17.0 Å². The number of aromatic amines is 1. The highest BCUT2D eigenvalue weighted by atomic mass is 32.2. The Morgan fingerprint density at radius 2 is 1.85 bits per heavy atom. The Balaban J connectivity index is 1.84. The van der Waals surface area contributed by atoms with E-state index >= 15 is 0 Å². The number of methoxy groups -OCH3 is 2. The van der Waals surface area contributed by atoms with E-state index in [0.29, 0.717) is 22.9 Å². The predicted octanol–water partition coefficient (Wildman–Crippen LogP) is 0.681. The molecule has 1 heterocycles. The molecule has 0 atom stereocenters. The quantitative estimate of drug-likeness (QED) is 0.536. The molecule has 2 rings (SSSR count). The normalized spacial score (nSPS) is 11.3. The van der Waals surface area contributed by atoms with Crippen LogP contribution in [0.25, 0.3) is 0 Å². The molecule has 0 aliphatic carbocycles. The van der Waals surface area contributed by atoms with Crippen LogP contribution in [0.4, 0.5) is 0 Å². The van der Waals surface area contributed by atoms with Crippen molar-refractivity contribution in [2.75, 3.05) is 27.3 Å². The predicted molar refractivity (Wildman–Crippen MR) is 99.5 cm³/mol. The van der Waals surface area contributed by atoms with Gasteiger partial charge in [0.05, 0.1) is 32.0 Å². The van der Waals surface area contributed by atoms with E-state index in [1.165, 1.54) is 14.2 Å². The van der Waals surface area contributed by atoms with Gasteiger partial charge in [0, 0.05) is 13.1 Å². The summed E-state index contributed by atoms with van der Waals surface area (Å²) < 4.78 is 37.4. The lowest BCUT2D eigenvalue weighted by atomic mass is 10.1. The van der Waals surface area contributed by atoms with Crippen molar-refractivity contribution in [2.24, 2.45) is 0 Å². The number of benzene rings is 1. The zero-order valence-electron chi connectivity index (χ0n) is 15.8. The summed E-state index contributed by atoms with van der Waals surface area (Å²) in [6, 6.07) is 5.23. The fourth-order valence-electron chi connectivity index (χ4n) is 2.63. The Kier molecular flexibility index (Phi) is 6.81. The number of aryl methyl sites for hydroxylation is 2. The summed E-state index contributed by atoms with van der Waals surface area (Å²) in [6.45, 7) is 3.49. The summed E-state index contributed by atoms with van der Waals surface area (Å²) in [7, 11) is -0.613. The summed E-state index contributed by atoms with van der Waals surface area (Å²) in [5.41, 5.74) is 1.63. The van der Waals surface area contributed by atoms with Crippen LogP contribution < -0.4 is 19.5 Å². The lowest BCUT2D eigenvalue weighted by Gasteiger charge is -2.10. The first-order valence-corrected chi connectivity index (χ1v) is 9.75. The third kappa shape index (κ3) is 5.20. The van der Waals surface area contributed by atoms with Crippen molar-refractivity contribution in [3.63, 3.8) is 0 Å². The Bertz CT molecular complexity index is 889. The third-order valence-corrected chi connectivity index (χ3v) is 5.60. The Morgan fingerprint density at radius 3 is 2.44 bits per heavy atom. The molecule has 0 unspecified atom stereocenters. The summed E-state index contributed by atoms with van der Waals surface area (Å²) in [5, 5.41) is 9.20. The first kappa shape index (κ1) is 20.7. The highest BCUT2D eigenvalue weighted by Gasteiger charge is 2.21. The van der Waals surface area contributed by atoms with E-state index in [4.69, 9.17) is 9.47 Å². The number of rotatable bonds is 9. The largest absolute Gasteiger partial charge is 0.493 e. The van der Waals surface area contributed by atoms with E-state index in [-0.39, 0.29) is 30.3 Å². The number of carbonyl (C=O) groups excluding carboxylic acids is 1. The molecule has 1 aromatic carbocycles. The second-order valence-electron chi connectivity index (χ2n) is 5.88. The molecule has 0 bridgehead atoms. The van der Waals surface area contributed by atoms with Crippen LogP contribution >= 0.6 is 0 Å². The van der Waals surface area contributed by atoms with E-state index in [1.807, 2.05) is 0 Å². The van der Waals surface area contributed by atoms with E-state index in [2.05, 4.69) is 20.2 Å². The molecule has 3 N–H and O–H groups in total. The van der Waals surface area contributed by atoms with Crippen molar-refractivity contribution in [3.05, 3.63) is 35.2 Å². The molecule has 0 aliphatic heterocycles. The molecule has 27 heavy (non-hydrogen) atoms. The summed E-state index contributed by atoms with van der Waals surface area (Å²) >= 11 is 0. The standard InChI is InChI=1S/C17H24N4O5S/c1-11-17(12(2)21-20-11)27(23,24)19-8-7-18-16(22)10-13-5-6-14(25-3)15(9-13)26-4/h5-6,9,19H,7-8,10H2,1-4H3,(H,18,22)(H,20,21). The van der Waals surface area contributed by atoms with Crippen molar-refractivity contribution in [2.45, 2.75) is 25.2 Å². The number of hydrogen-bond donors (Lipinski definition) is 3. The molecule has 10 heteroatoms. The van der Waals surface area contributed by atoms with Gasteiger partial charge < -0.3 is 14.8 Å². The molecular formula is C17H24N4O5S. The first-order valence-electron chi connectivity index (χ1n) is 8.27. The number of sulfonamides is 1. The molecule has 9 nitrogen and oxygen atoms in total. The first-order chi connectivity index (χ1) is 12.8. The number of nitrogens with one attached hydrogen (secondary N) is 3. The number of H-pyrrole nitrogens is 1. The number of aromatic nitrogens is 2. The molecule has 0 spiro atoms. The summed E-state index contributed by atoms with van der Waals surface area (Å²) in [4.78, 5) is 12.2. The van der Waals surface area contributed by atoms with Gasteiger partial charge in [-0.2, -0.15) is 5.10 Å². The zero-order valence-corrected chi connectivity index (χ0v) is 16.6. The fourth-order valence-corrected chi connectivity index (χ4v) is 4.03. The molecule has 0 fully saturated rings. The van der Waals surface area contributed by atoms with Crippen molar-refractivity contribution in [3.8, 4) is 11.5 Å². The minimum atomic E-state index is -3.68. The van der Waals surface area contributed by atoms with Gasteiger partial charge in [0.25, 0.3) is 0 Å². The highest BCUT2D eigenvalue weighted by Crippen LogP contribution is 2.27. The number of amides is 1. The van der Waals surface area contributed by atoms with E-state index in [9.17, 15) is 13.2 Å². The van der Waals surface area contributed by atoms with Gasteiger partial charge in [-0.05, 0) is 31.5 Å². The van der Waals surface area contributed by atoms with Crippen LogP contribution in [-0.4, -0.2) is 51.8 Å². The van der Waals surface area contributed by atoms with Crippen LogP contribution in [0.3, 0.4) is 0 Å². The smallest absolute Gasteiger partial charge is 0.244 e. The zero-order chi connectivity index (χ0) is 20.0. The molecule has 2 aromatic rings. The van der Waals surface area contributed by atoms with Crippen LogP contribution in [-0.2, 0) is 21.2 Å². The van der Waals surface area contributed by atoms with E-state index < -0.39 is 10.0 Å². The molecule has 1 aromatic heterocycles. The van der Waals surface area contributed by atoms with Crippen LogP contribution in [0.2, 0.25) is 0 Å². The van der Waals surface area contributed by atoms with Crippen molar-refractivity contribution >= 4 is 15.9 Å². The van der Waals surface area contributed by atoms with Crippen LogP contribution in [0, 0.1) is 13.8 Å². The molecule has 0 radical (unpaired) electrons. The average Bonchev–Trinajstić information content (AvgIpc) is 2.97. The van der Waals surface area contributed by atoms with Gasteiger partial charge in [0.1, 0.15) is 4.90 Å². The van der Waals surface area contributed by atoms with Crippen molar-refractivity contribution in [1.29, 1.82) is 0 Å². The number of hydrogen-bond acceptors (Lipinski definition) is 6. The maximum Gasteiger partial charge on any atom is 0.244 e. The van der Waals surface area contributed by atoms with Gasteiger partial charge in [0.15, 0.2) is 11.5 Å². The molecule has 0 saturated heterocycles. The average molecular weight is 396 g/mol. The number of carbonyl (C=O) groups is 1. The molecule has 0 aliphatic rings. The third-order valence-electron chi connectivity index (χ3n) is 3.88. The Hall–Kier alpha value is -2.59. The topological polar surface area (TPSA) is 122 Å². The van der Waals surface area contributed by atoms with Gasteiger partial charge in [-0.3, -0.25) is 9.89 Å². The lowest BCUT2D eigenvalue weighted by molar-refractivity contribution is -0.120. The second kappa shape index (κ2) is 8.87. The fraction of sp³-hybridized carbons (Fsp3) is 0.412. The molecule has 0 saturated carbocycles. The van der Waals surface area contributed by atoms with Crippen molar-refractivity contribution in [1.82, 2.24) is 20.2 Å². The SMILES string of the molecule is COc1ccc(CC(=O)NCCNS(=O)(=O)c2c(C)n[nH]c2C)cc1OC. The Morgan fingerprint density at radius 1 is 1.15 bits per heavy atom. The highest BCUT2D eigenvalue weighted by molar-refractivity contribution is 7.89. The van der Waals surface area contributed by atoms with Gasteiger partial charge in [-0.1, -0.05) is 6.07 Å². The summed E-state index contributed by atoms with van der Waals surface area (Å²) in [6.07, 6.45) is 0.146. The lowest BCUT2D eigenvalue weighted by Crippen LogP contribution is -2.35. The molecule has 1 amide bonds.